The average Bonchev–Trinajstić information content (AvgIpc) is 2.43. The lowest BCUT2D eigenvalue weighted by atomic mass is 10.3. The zero-order valence-electron chi connectivity index (χ0n) is 12.0. The highest BCUT2D eigenvalue weighted by Crippen LogP contribution is 2.17. The lowest BCUT2D eigenvalue weighted by molar-refractivity contribution is -0.154. The number of halogens is 3. The van der Waals surface area contributed by atoms with Crippen LogP contribution in [0, 0.1) is 0 Å². The number of hydrogen-bond acceptors (Lipinski definition) is 3. The van der Waals surface area contributed by atoms with Gasteiger partial charge in [-0.25, -0.2) is 9.98 Å². The molecule has 0 atom stereocenters. The van der Waals surface area contributed by atoms with Crippen molar-refractivity contribution in [2.75, 3.05) is 19.7 Å². The van der Waals surface area contributed by atoms with Crippen LogP contribution in [0.5, 0.6) is 5.88 Å². The van der Waals surface area contributed by atoms with E-state index in [1.807, 2.05) is 13.8 Å². The van der Waals surface area contributed by atoms with Gasteiger partial charge in [-0.1, -0.05) is 0 Å². The summed E-state index contributed by atoms with van der Waals surface area (Å²) in [5.74, 6) is 0.586. The molecule has 0 bridgehead atoms. The maximum absolute atomic E-state index is 12.1. The van der Waals surface area contributed by atoms with E-state index >= 15 is 0 Å². The van der Waals surface area contributed by atoms with Crippen LogP contribution in [0.15, 0.2) is 23.3 Å². The van der Waals surface area contributed by atoms with Gasteiger partial charge in [0.1, 0.15) is 0 Å². The highest BCUT2D eigenvalue weighted by Gasteiger charge is 2.28. The molecule has 0 saturated heterocycles. The summed E-state index contributed by atoms with van der Waals surface area (Å²) in [4.78, 5) is 8.05. The van der Waals surface area contributed by atoms with Crippen molar-refractivity contribution in [2.24, 2.45) is 4.99 Å². The molecular weight excluding hydrogens is 285 g/mol. The van der Waals surface area contributed by atoms with Crippen LogP contribution in [0.3, 0.4) is 0 Å². The Morgan fingerprint density at radius 3 is 2.52 bits per heavy atom. The molecule has 1 rings (SSSR count). The van der Waals surface area contributed by atoms with Gasteiger partial charge in [0, 0.05) is 25.4 Å². The van der Waals surface area contributed by atoms with Crippen LogP contribution in [-0.2, 0) is 6.54 Å². The molecule has 118 valence electrons. The second-order valence-electron chi connectivity index (χ2n) is 4.13. The van der Waals surface area contributed by atoms with Gasteiger partial charge in [0.05, 0.1) is 6.54 Å². The number of guanidine groups is 1. The maximum atomic E-state index is 12.1. The van der Waals surface area contributed by atoms with Crippen LogP contribution in [0.4, 0.5) is 13.2 Å². The molecule has 1 aromatic rings. The topological polar surface area (TPSA) is 58.5 Å². The Kier molecular flexibility index (Phi) is 6.77. The van der Waals surface area contributed by atoms with Gasteiger partial charge in [-0.15, -0.1) is 0 Å². The first-order valence-electron chi connectivity index (χ1n) is 6.61. The van der Waals surface area contributed by atoms with Gasteiger partial charge < -0.3 is 15.4 Å². The van der Waals surface area contributed by atoms with Gasteiger partial charge in [0.15, 0.2) is 12.6 Å². The highest BCUT2D eigenvalue weighted by atomic mass is 19.4. The van der Waals surface area contributed by atoms with Crippen molar-refractivity contribution < 1.29 is 17.9 Å². The maximum Gasteiger partial charge on any atom is 0.422 e. The molecule has 8 heteroatoms. The number of nitrogens with one attached hydrogen (secondary N) is 2. The van der Waals surface area contributed by atoms with Crippen LogP contribution < -0.4 is 15.4 Å². The van der Waals surface area contributed by atoms with E-state index in [0.717, 1.165) is 18.7 Å². The van der Waals surface area contributed by atoms with Crippen LogP contribution >= 0.6 is 0 Å². The monoisotopic (exact) mass is 304 g/mol. The number of nitrogens with zero attached hydrogens (tertiary/aromatic N) is 2. The Hall–Kier alpha value is -1.99. The van der Waals surface area contributed by atoms with Crippen molar-refractivity contribution in [1.29, 1.82) is 0 Å². The fourth-order valence-electron chi connectivity index (χ4n) is 1.46. The van der Waals surface area contributed by atoms with E-state index in [9.17, 15) is 13.2 Å². The second-order valence-corrected chi connectivity index (χ2v) is 4.13. The molecule has 0 unspecified atom stereocenters. The van der Waals surface area contributed by atoms with E-state index in [1.54, 1.807) is 6.07 Å². The zero-order chi connectivity index (χ0) is 15.7. The lowest BCUT2D eigenvalue weighted by Gasteiger charge is -2.10. The van der Waals surface area contributed by atoms with Crippen molar-refractivity contribution in [3.05, 3.63) is 23.9 Å². The summed E-state index contributed by atoms with van der Waals surface area (Å²) in [7, 11) is 0. The standard InChI is InChI=1S/C13H19F3N4O/c1-3-17-12(18-4-2)20-8-10-5-6-19-11(7-10)21-9-13(14,15)16/h5-7H,3-4,8-9H2,1-2H3,(H2,17,18,20). The molecule has 0 spiro atoms. The van der Waals surface area contributed by atoms with Crippen LogP contribution in [-0.4, -0.2) is 36.8 Å². The summed E-state index contributed by atoms with van der Waals surface area (Å²) in [5, 5.41) is 6.11. The van der Waals surface area contributed by atoms with E-state index in [1.165, 1.54) is 12.3 Å². The van der Waals surface area contributed by atoms with Crippen molar-refractivity contribution in [1.82, 2.24) is 15.6 Å². The van der Waals surface area contributed by atoms with Gasteiger partial charge in [-0.05, 0) is 25.5 Å². The number of ether oxygens (including phenoxy) is 1. The van der Waals surface area contributed by atoms with E-state index in [4.69, 9.17) is 0 Å². The summed E-state index contributed by atoms with van der Waals surface area (Å²) < 4.78 is 40.8. The summed E-state index contributed by atoms with van der Waals surface area (Å²) >= 11 is 0. The fraction of sp³-hybridized carbons (Fsp3) is 0.538. The van der Waals surface area contributed by atoms with Crippen molar-refractivity contribution in [3.63, 3.8) is 0 Å². The van der Waals surface area contributed by atoms with E-state index in [0.29, 0.717) is 12.5 Å². The van der Waals surface area contributed by atoms with Gasteiger partial charge in [0.2, 0.25) is 5.88 Å². The van der Waals surface area contributed by atoms with Crippen molar-refractivity contribution >= 4 is 5.96 Å². The summed E-state index contributed by atoms with van der Waals surface area (Å²) in [6.07, 6.45) is -2.98. The molecule has 21 heavy (non-hydrogen) atoms. The van der Waals surface area contributed by atoms with Crippen LogP contribution in [0.1, 0.15) is 19.4 Å². The van der Waals surface area contributed by atoms with Gasteiger partial charge in [0.25, 0.3) is 0 Å². The molecule has 5 nitrogen and oxygen atoms in total. The Morgan fingerprint density at radius 2 is 1.95 bits per heavy atom. The molecule has 0 aliphatic rings. The van der Waals surface area contributed by atoms with Gasteiger partial charge in [-0.3, -0.25) is 0 Å². The first kappa shape index (κ1) is 17.1. The molecule has 0 fully saturated rings. The largest absolute Gasteiger partial charge is 0.468 e. The van der Waals surface area contributed by atoms with E-state index in [2.05, 4.69) is 25.3 Å². The van der Waals surface area contributed by atoms with Gasteiger partial charge in [-0.2, -0.15) is 13.2 Å². The minimum absolute atomic E-state index is 0.0616. The predicted molar refractivity (Wildman–Crippen MR) is 74.3 cm³/mol. The molecule has 0 radical (unpaired) electrons. The molecule has 1 aromatic heterocycles. The minimum atomic E-state index is -4.38. The van der Waals surface area contributed by atoms with Gasteiger partial charge >= 0.3 is 6.18 Å². The number of pyridine rings is 1. The smallest absolute Gasteiger partial charge is 0.422 e. The predicted octanol–water partition coefficient (Wildman–Crippen LogP) is 2.10. The molecule has 1 heterocycles. The second kappa shape index (κ2) is 8.33. The number of rotatable bonds is 6. The first-order valence-corrected chi connectivity index (χ1v) is 6.61. The quantitative estimate of drug-likeness (QED) is 0.624. The molecule has 0 aliphatic heterocycles. The third-order valence-electron chi connectivity index (χ3n) is 2.29. The molecule has 0 amide bonds. The fourth-order valence-corrected chi connectivity index (χ4v) is 1.46. The minimum Gasteiger partial charge on any atom is -0.468 e. The molecule has 0 saturated carbocycles. The summed E-state index contributed by atoms with van der Waals surface area (Å²) in [6, 6.07) is 3.13. The summed E-state index contributed by atoms with van der Waals surface area (Å²) in [6.45, 7) is 4.31. The van der Waals surface area contributed by atoms with Crippen molar-refractivity contribution in [2.45, 2.75) is 26.6 Å². The zero-order valence-corrected chi connectivity index (χ0v) is 12.0. The van der Waals surface area contributed by atoms with Crippen LogP contribution in [0.2, 0.25) is 0 Å². The number of aliphatic imine (C=N–C) groups is 1. The Bertz CT molecular complexity index is 455. The summed E-state index contributed by atoms with van der Waals surface area (Å²) in [5.41, 5.74) is 0.718. The number of alkyl halides is 3. The molecule has 0 aromatic carbocycles. The molecule has 2 N–H and O–H groups in total. The Balaban J connectivity index is 2.65. The SMILES string of the molecule is CCNC(=NCc1ccnc(OCC(F)(F)F)c1)NCC. The molecular formula is C13H19F3N4O. The number of aromatic nitrogens is 1. The van der Waals surface area contributed by atoms with Crippen LogP contribution in [0.25, 0.3) is 0 Å². The van der Waals surface area contributed by atoms with E-state index < -0.39 is 12.8 Å². The Morgan fingerprint density at radius 1 is 1.29 bits per heavy atom. The first-order chi connectivity index (χ1) is 9.94. The van der Waals surface area contributed by atoms with Crippen molar-refractivity contribution in [3.8, 4) is 5.88 Å². The lowest BCUT2D eigenvalue weighted by Crippen LogP contribution is -2.36. The average molecular weight is 304 g/mol. The highest BCUT2D eigenvalue weighted by molar-refractivity contribution is 5.79. The number of hydrogen-bond donors (Lipinski definition) is 2. The third kappa shape index (κ3) is 7.38. The Labute approximate surface area is 121 Å². The molecule has 0 aliphatic carbocycles. The van der Waals surface area contributed by atoms with E-state index in [-0.39, 0.29) is 5.88 Å². The normalized spacial score (nSPS) is 10.9. The third-order valence-corrected chi connectivity index (χ3v) is 2.29.